The number of amides is 1. The van der Waals surface area contributed by atoms with Crippen LogP contribution in [0.1, 0.15) is 11.1 Å². The molecule has 7 nitrogen and oxygen atoms in total. The lowest BCUT2D eigenvalue weighted by Gasteiger charge is -2.10. The number of nitrogens with zero attached hydrogens (tertiary/aromatic N) is 1. The fourth-order valence-corrected chi connectivity index (χ4v) is 3.19. The van der Waals surface area contributed by atoms with Crippen LogP contribution in [0.5, 0.6) is 0 Å². The lowest BCUT2D eigenvalue weighted by Crippen LogP contribution is -2.14. The molecule has 0 aliphatic carbocycles. The van der Waals surface area contributed by atoms with Crippen molar-refractivity contribution >= 4 is 39.2 Å². The maximum atomic E-state index is 13.2. The molecule has 3 aromatic rings. The predicted molar refractivity (Wildman–Crippen MR) is 111 cm³/mol. The molecule has 30 heavy (non-hydrogen) atoms. The number of nitro benzene ring substituents is 1. The lowest BCUT2D eigenvalue weighted by atomic mass is 10.0. The number of nitrogens with one attached hydrogen (secondary N) is 1. The largest absolute Gasteiger partial charge is 0.332 e. The van der Waals surface area contributed by atoms with Gasteiger partial charge in [0.1, 0.15) is 4.90 Å². The number of halogens is 1. The van der Waals surface area contributed by atoms with E-state index in [1.807, 2.05) is 0 Å². The van der Waals surface area contributed by atoms with E-state index >= 15 is 0 Å². The summed E-state index contributed by atoms with van der Waals surface area (Å²) in [6, 6.07) is 19.2. The van der Waals surface area contributed by atoms with Crippen LogP contribution in [0.25, 0.3) is 11.6 Å². The van der Waals surface area contributed by atoms with E-state index in [1.54, 1.807) is 36.4 Å². The van der Waals surface area contributed by atoms with Crippen molar-refractivity contribution < 1.29 is 22.0 Å². The number of non-ortho nitro benzene ring substituents is 1. The summed E-state index contributed by atoms with van der Waals surface area (Å²) >= 11 is 0. The normalized spacial score (nSPS) is 11.7. The summed E-state index contributed by atoms with van der Waals surface area (Å²) in [5.41, 5.74) is 1.38. The second-order valence-electron chi connectivity index (χ2n) is 6.19. The van der Waals surface area contributed by atoms with Crippen LogP contribution in [0.2, 0.25) is 0 Å². The number of hydrogen-bond acceptors (Lipinski definition) is 5. The Labute approximate surface area is 171 Å². The first-order valence-electron chi connectivity index (χ1n) is 8.62. The van der Waals surface area contributed by atoms with Crippen LogP contribution in [-0.2, 0) is 15.0 Å². The molecular formula is C21H15FN2O5S. The molecule has 0 spiro atoms. The van der Waals surface area contributed by atoms with Gasteiger partial charge in [-0.2, -0.15) is 8.42 Å². The summed E-state index contributed by atoms with van der Waals surface area (Å²) in [5.74, 6) is -0.562. The van der Waals surface area contributed by atoms with Crippen LogP contribution < -0.4 is 5.32 Å². The number of carbonyl (C=O) groups is 1. The Balaban J connectivity index is 1.97. The number of nitro groups is 1. The smallest absolute Gasteiger partial charge is 0.322 e. The average molecular weight is 426 g/mol. The first-order valence-corrected chi connectivity index (χ1v) is 10.00. The van der Waals surface area contributed by atoms with Gasteiger partial charge in [0, 0.05) is 23.4 Å². The number of rotatable bonds is 6. The van der Waals surface area contributed by atoms with Crippen LogP contribution in [0, 0.1) is 10.1 Å². The van der Waals surface area contributed by atoms with Crippen molar-refractivity contribution in [2.75, 3.05) is 5.32 Å². The molecule has 0 unspecified atom stereocenters. The summed E-state index contributed by atoms with van der Waals surface area (Å²) in [5, 5.41) is 13.4. The van der Waals surface area contributed by atoms with Gasteiger partial charge in [0.25, 0.3) is 11.6 Å². The van der Waals surface area contributed by atoms with E-state index in [0.717, 1.165) is 12.1 Å². The minimum absolute atomic E-state index is 0.0814. The molecule has 0 radical (unpaired) electrons. The Morgan fingerprint density at radius 3 is 2.23 bits per heavy atom. The van der Waals surface area contributed by atoms with Gasteiger partial charge in [-0.05, 0) is 47.5 Å². The van der Waals surface area contributed by atoms with E-state index in [9.17, 15) is 27.2 Å². The Kier molecular flexibility index (Phi) is 6.03. The number of benzene rings is 3. The highest BCUT2D eigenvalue weighted by Crippen LogP contribution is 2.23. The fourth-order valence-electron chi connectivity index (χ4n) is 2.68. The highest BCUT2D eigenvalue weighted by Gasteiger charge is 2.16. The minimum atomic E-state index is -4.91. The monoisotopic (exact) mass is 426 g/mol. The molecule has 1 N–H and O–H groups in total. The van der Waals surface area contributed by atoms with Crippen LogP contribution in [0.3, 0.4) is 0 Å². The Morgan fingerprint density at radius 2 is 1.63 bits per heavy atom. The van der Waals surface area contributed by atoms with E-state index < -0.39 is 25.9 Å². The van der Waals surface area contributed by atoms with E-state index in [1.165, 1.54) is 36.4 Å². The first-order chi connectivity index (χ1) is 14.2. The topological polar surface area (TPSA) is 106 Å². The van der Waals surface area contributed by atoms with Crippen LogP contribution >= 0.6 is 0 Å². The predicted octanol–water partition coefficient (Wildman–Crippen LogP) is 4.43. The fraction of sp³-hybridized carbons (Fsp3) is 0. The Morgan fingerprint density at radius 1 is 0.967 bits per heavy atom. The molecule has 0 aliphatic rings. The van der Waals surface area contributed by atoms with Gasteiger partial charge < -0.3 is 5.32 Å². The standard InChI is InChI=1S/C21H15FN2O5S/c22-30(28,29)19-8-4-7-17(14-19)23-21(25)20(16-5-2-1-3-6-16)13-15-9-11-18(12-10-15)24(26)27/h1-14H,(H,23,25)/b20-13-. The van der Waals surface area contributed by atoms with Gasteiger partial charge >= 0.3 is 10.2 Å². The number of carbonyl (C=O) groups excluding carboxylic acids is 1. The van der Waals surface area contributed by atoms with E-state index in [2.05, 4.69) is 5.32 Å². The zero-order valence-corrected chi connectivity index (χ0v) is 16.2. The summed E-state index contributed by atoms with van der Waals surface area (Å²) in [4.78, 5) is 22.7. The maximum absolute atomic E-state index is 13.2. The number of hydrogen-bond donors (Lipinski definition) is 1. The third kappa shape index (κ3) is 5.15. The van der Waals surface area contributed by atoms with Crippen molar-refractivity contribution in [1.82, 2.24) is 0 Å². The number of anilines is 1. The highest BCUT2D eigenvalue weighted by molar-refractivity contribution is 7.86. The van der Waals surface area contributed by atoms with E-state index in [-0.39, 0.29) is 16.9 Å². The quantitative estimate of drug-likeness (QED) is 0.206. The Bertz CT molecular complexity index is 1220. The average Bonchev–Trinajstić information content (AvgIpc) is 2.72. The molecule has 0 saturated carbocycles. The minimum Gasteiger partial charge on any atom is -0.322 e. The summed E-state index contributed by atoms with van der Waals surface area (Å²) in [7, 11) is -4.91. The molecule has 152 valence electrons. The molecule has 3 rings (SSSR count). The van der Waals surface area contributed by atoms with Crippen molar-refractivity contribution in [1.29, 1.82) is 0 Å². The van der Waals surface area contributed by atoms with Gasteiger partial charge in [-0.1, -0.05) is 36.4 Å². The van der Waals surface area contributed by atoms with Crippen molar-refractivity contribution in [3.05, 3.63) is 100 Å². The molecular weight excluding hydrogens is 411 g/mol. The van der Waals surface area contributed by atoms with Crippen LogP contribution in [-0.4, -0.2) is 19.2 Å². The summed E-state index contributed by atoms with van der Waals surface area (Å²) in [6.07, 6.45) is 1.55. The summed E-state index contributed by atoms with van der Waals surface area (Å²) in [6.45, 7) is 0. The molecule has 9 heteroatoms. The van der Waals surface area contributed by atoms with Gasteiger partial charge in [-0.15, -0.1) is 3.89 Å². The van der Waals surface area contributed by atoms with Crippen LogP contribution in [0.15, 0.2) is 83.8 Å². The molecule has 0 heterocycles. The van der Waals surface area contributed by atoms with Gasteiger partial charge in [-0.3, -0.25) is 14.9 Å². The lowest BCUT2D eigenvalue weighted by molar-refractivity contribution is -0.384. The van der Waals surface area contributed by atoms with Crippen molar-refractivity contribution in [2.45, 2.75) is 4.90 Å². The molecule has 0 bridgehead atoms. The van der Waals surface area contributed by atoms with Crippen LogP contribution in [0.4, 0.5) is 15.3 Å². The van der Waals surface area contributed by atoms with Crippen molar-refractivity contribution in [3.63, 3.8) is 0 Å². The first kappa shape index (κ1) is 20.9. The Hall–Kier alpha value is -3.85. The zero-order chi connectivity index (χ0) is 21.7. The molecule has 3 aromatic carbocycles. The SMILES string of the molecule is O=C(Nc1cccc(S(=O)(=O)F)c1)/C(=C\c1ccc([N+](=O)[O-])cc1)c1ccccc1. The second kappa shape index (κ2) is 8.66. The highest BCUT2D eigenvalue weighted by atomic mass is 32.3. The molecule has 0 aliphatic heterocycles. The molecule has 0 saturated heterocycles. The van der Waals surface area contributed by atoms with Crippen molar-refractivity contribution in [2.24, 2.45) is 0 Å². The van der Waals surface area contributed by atoms with Gasteiger partial charge in [0.2, 0.25) is 0 Å². The second-order valence-corrected chi connectivity index (χ2v) is 7.54. The van der Waals surface area contributed by atoms with Gasteiger partial charge in [0.05, 0.1) is 4.92 Å². The maximum Gasteiger partial charge on any atom is 0.332 e. The molecule has 0 aromatic heterocycles. The third-order valence-electron chi connectivity index (χ3n) is 4.12. The molecule has 1 amide bonds. The van der Waals surface area contributed by atoms with E-state index in [4.69, 9.17) is 0 Å². The zero-order valence-electron chi connectivity index (χ0n) is 15.4. The molecule has 0 atom stereocenters. The van der Waals surface area contributed by atoms with Crippen molar-refractivity contribution in [3.8, 4) is 0 Å². The van der Waals surface area contributed by atoms with Gasteiger partial charge in [-0.25, -0.2) is 0 Å². The summed E-state index contributed by atoms with van der Waals surface area (Å²) < 4.78 is 35.4. The molecule has 0 fully saturated rings. The van der Waals surface area contributed by atoms with Gasteiger partial charge in [0.15, 0.2) is 0 Å². The van der Waals surface area contributed by atoms with E-state index in [0.29, 0.717) is 11.1 Å². The third-order valence-corrected chi connectivity index (χ3v) is 4.93.